The first-order valence-corrected chi connectivity index (χ1v) is 9.75. The Kier molecular flexibility index (Phi) is 5.62. The van der Waals surface area contributed by atoms with Gasteiger partial charge < -0.3 is 14.5 Å². The van der Waals surface area contributed by atoms with Crippen molar-refractivity contribution in [3.8, 4) is 11.4 Å². The highest BCUT2D eigenvalue weighted by molar-refractivity contribution is 6.33. The summed E-state index contributed by atoms with van der Waals surface area (Å²) in [6.45, 7) is 2.99. The van der Waals surface area contributed by atoms with Crippen LogP contribution in [0.5, 0.6) is 5.75 Å². The number of amides is 1. The summed E-state index contributed by atoms with van der Waals surface area (Å²) < 4.78 is 6.91. The summed E-state index contributed by atoms with van der Waals surface area (Å²) in [6, 6.07) is 13.6. The minimum Gasteiger partial charge on any atom is -0.496 e. The van der Waals surface area contributed by atoms with Crippen LogP contribution in [0.4, 0.5) is 5.69 Å². The first kappa shape index (κ1) is 19.2. The SMILES string of the molecule is COc1cc(-n2cnnn2)c(Cl)cc1C(=O)N1CCCN(c2ccccc2)CC1. The number of hydrogen-bond donors (Lipinski definition) is 0. The smallest absolute Gasteiger partial charge is 0.257 e. The second-order valence-electron chi connectivity index (χ2n) is 6.73. The maximum absolute atomic E-state index is 13.2. The van der Waals surface area contributed by atoms with E-state index in [4.69, 9.17) is 16.3 Å². The summed E-state index contributed by atoms with van der Waals surface area (Å²) in [7, 11) is 1.53. The Morgan fingerprint density at radius 1 is 1.10 bits per heavy atom. The molecule has 1 aliphatic rings. The maximum atomic E-state index is 13.2. The minimum absolute atomic E-state index is 0.0954. The zero-order valence-corrected chi connectivity index (χ0v) is 16.8. The fourth-order valence-electron chi connectivity index (χ4n) is 3.51. The minimum atomic E-state index is -0.0954. The second-order valence-corrected chi connectivity index (χ2v) is 7.13. The van der Waals surface area contributed by atoms with Gasteiger partial charge in [0.25, 0.3) is 5.91 Å². The van der Waals surface area contributed by atoms with Gasteiger partial charge in [-0.25, -0.2) is 0 Å². The number of rotatable bonds is 4. The zero-order valence-electron chi connectivity index (χ0n) is 16.0. The molecule has 0 radical (unpaired) electrons. The molecule has 4 rings (SSSR count). The number of anilines is 1. The van der Waals surface area contributed by atoms with Crippen LogP contribution in [-0.4, -0.2) is 64.3 Å². The van der Waals surface area contributed by atoms with Crippen LogP contribution < -0.4 is 9.64 Å². The van der Waals surface area contributed by atoms with Crippen LogP contribution in [0.3, 0.4) is 0 Å². The molecule has 150 valence electrons. The molecule has 0 saturated carbocycles. The Morgan fingerprint density at radius 3 is 2.66 bits per heavy atom. The third kappa shape index (κ3) is 4.02. The highest BCUT2D eigenvalue weighted by Gasteiger charge is 2.24. The topological polar surface area (TPSA) is 76.4 Å². The number of ether oxygens (including phenoxy) is 1. The molecule has 2 heterocycles. The molecule has 0 atom stereocenters. The normalized spacial score (nSPS) is 14.6. The van der Waals surface area contributed by atoms with Crippen LogP contribution in [0.15, 0.2) is 48.8 Å². The van der Waals surface area contributed by atoms with Crippen LogP contribution in [-0.2, 0) is 0 Å². The van der Waals surface area contributed by atoms with Crippen molar-refractivity contribution in [3.05, 3.63) is 59.4 Å². The fraction of sp³-hybridized carbons (Fsp3) is 0.300. The molecule has 0 aliphatic carbocycles. The van der Waals surface area contributed by atoms with Crippen molar-refractivity contribution < 1.29 is 9.53 Å². The number of tetrazole rings is 1. The van der Waals surface area contributed by atoms with Crippen LogP contribution in [0.25, 0.3) is 5.69 Å². The van der Waals surface area contributed by atoms with Crippen LogP contribution in [0.1, 0.15) is 16.8 Å². The largest absolute Gasteiger partial charge is 0.496 e. The molecule has 1 amide bonds. The maximum Gasteiger partial charge on any atom is 0.257 e. The number of carbonyl (C=O) groups is 1. The number of carbonyl (C=O) groups excluding carboxylic acids is 1. The van der Waals surface area contributed by atoms with E-state index in [1.165, 1.54) is 23.8 Å². The molecule has 2 aromatic carbocycles. The molecule has 29 heavy (non-hydrogen) atoms. The van der Waals surface area contributed by atoms with Crippen molar-refractivity contribution in [2.45, 2.75) is 6.42 Å². The van der Waals surface area contributed by atoms with Crippen molar-refractivity contribution in [1.29, 1.82) is 0 Å². The van der Waals surface area contributed by atoms with Crippen LogP contribution in [0, 0.1) is 0 Å². The average Bonchev–Trinajstić information content (AvgIpc) is 3.17. The quantitative estimate of drug-likeness (QED) is 0.655. The average molecular weight is 413 g/mol. The molecule has 1 saturated heterocycles. The summed E-state index contributed by atoms with van der Waals surface area (Å²) in [5.74, 6) is 0.344. The standard InChI is InChI=1S/C20H21ClN6O2/c1-29-19-13-18(27-14-22-23-24-27)17(21)12-16(19)20(28)26-9-5-8-25(10-11-26)15-6-3-2-4-7-15/h2-4,6-7,12-14H,5,8-11H2,1H3. The molecule has 1 aliphatic heterocycles. The first-order chi connectivity index (χ1) is 14.2. The van der Waals surface area contributed by atoms with E-state index >= 15 is 0 Å². The lowest BCUT2D eigenvalue weighted by Gasteiger charge is -2.24. The van der Waals surface area contributed by atoms with Crippen molar-refractivity contribution >= 4 is 23.2 Å². The van der Waals surface area contributed by atoms with Crippen molar-refractivity contribution in [2.75, 3.05) is 38.2 Å². The van der Waals surface area contributed by atoms with Crippen LogP contribution in [0.2, 0.25) is 5.02 Å². The van der Waals surface area contributed by atoms with E-state index in [1.807, 2.05) is 23.1 Å². The molecule has 0 unspecified atom stereocenters. The van der Waals surface area contributed by atoms with Gasteiger partial charge in [-0.1, -0.05) is 29.8 Å². The van der Waals surface area contributed by atoms with Gasteiger partial charge >= 0.3 is 0 Å². The molecule has 0 spiro atoms. The molecule has 0 N–H and O–H groups in total. The van der Waals surface area contributed by atoms with Gasteiger partial charge in [0.05, 0.1) is 23.4 Å². The van der Waals surface area contributed by atoms with Gasteiger partial charge in [0.2, 0.25) is 0 Å². The fourth-order valence-corrected chi connectivity index (χ4v) is 3.76. The molecular formula is C20H21ClN6O2. The number of hydrogen-bond acceptors (Lipinski definition) is 6. The zero-order chi connectivity index (χ0) is 20.2. The summed E-state index contributed by atoms with van der Waals surface area (Å²) in [5.41, 5.74) is 2.16. The lowest BCUT2D eigenvalue weighted by molar-refractivity contribution is 0.0763. The number of nitrogens with zero attached hydrogens (tertiary/aromatic N) is 6. The number of para-hydroxylation sites is 1. The van der Waals surface area contributed by atoms with Gasteiger partial charge in [-0.05, 0) is 35.0 Å². The van der Waals surface area contributed by atoms with Gasteiger partial charge in [0.15, 0.2) is 0 Å². The van der Waals surface area contributed by atoms with Crippen LogP contribution >= 0.6 is 11.6 Å². The number of aromatic nitrogens is 4. The van der Waals surface area contributed by atoms with E-state index in [2.05, 4.69) is 32.6 Å². The predicted octanol–water partition coefficient (Wildman–Crippen LogP) is 2.68. The number of methoxy groups -OCH3 is 1. The molecular weight excluding hydrogens is 392 g/mol. The third-order valence-corrected chi connectivity index (χ3v) is 5.30. The molecule has 0 bridgehead atoms. The summed E-state index contributed by atoms with van der Waals surface area (Å²) in [5, 5.41) is 11.5. The van der Waals surface area contributed by atoms with E-state index in [0.717, 1.165) is 19.5 Å². The van der Waals surface area contributed by atoms with Crippen molar-refractivity contribution in [2.24, 2.45) is 0 Å². The van der Waals surface area contributed by atoms with Gasteiger partial charge in [0.1, 0.15) is 12.1 Å². The lowest BCUT2D eigenvalue weighted by Crippen LogP contribution is -2.35. The molecule has 1 fully saturated rings. The summed E-state index contributed by atoms with van der Waals surface area (Å²) >= 11 is 6.42. The molecule has 9 heteroatoms. The van der Waals surface area contributed by atoms with Crippen molar-refractivity contribution in [1.82, 2.24) is 25.1 Å². The molecule has 3 aromatic rings. The third-order valence-electron chi connectivity index (χ3n) is 5.00. The van der Waals surface area contributed by atoms with E-state index in [-0.39, 0.29) is 5.91 Å². The van der Waals surface area contributed by atoms with Crippen molar-refractivity contribution in [3.63, 3.8) is 0 Å². The van der Waals surface area contributed by atoms with E-state index in [1.54, 1.807) is 12.1 Å². The Balaban J connectivity index is 1.55. The van der Waals surface area contributed by atoms with Gasteiger partial charge in [-0.15, -0.1) is 5.10 Å². The highest BCUT2D eigenvalue weighted by atomic mass is 35.5. The monoisotopic (exact) mass is 412 g/mol. The lowest BCUT2D eigenvalue weighted by atomic mass is 10.1. The van der Waals surface area contributed by atoms with Gasteiger partial charge in [-0.2, -0.15) is 4.68 Å². The summed E-state index contributed by atoms with van der Waals surface area (Å²) in [6.07, 6.45) is 2.33. The Bertz CT molecular complexity index is 980. The van der Waals surface area contributed by atoms with E-state index in [0.29, 0.717) is 35.1 Å². The molecule has 8 nitrogen and oxygen atoms in total. The number of benzene rings is 2. The van der Waals surface area contributed by atoms with E-state index < -0.39 is 0 Å². The van der Waals surface area contributed by atoms with Gasteiger partial charge in [0, 0.05) is 37.9 Å². The van der Waals surface area contributed by atoms with E-state index in [9.17, 15) is 4.79 Å². The molecule has 1 aromatic heterocycles. The Hall–Kier alpha value is -3.13. The second kappa shape index (κ2) is 8.48. The Morgan fingerprint density at radius 2 is 1.93 bits per heavy atom. The predicted molar refractivity (Wildman–Crippen MR) is 110 cm³/mol. The van der Waals surface area contributed by atoms with Gasteiger partial charge in [-0.3, -0.25) is 4.79 Å². The number of halogens is 1. The highest BCUT2D eigenvalue weighted by Crippen LogP contribution is 2.30. The summed E-state index contributed by atoms with van der Waals surface area (Å²) in [4.78, 5) is 17.4. The Labute approximate surface area is 173 Å². The first-order valence-electron chi connectivity index (χ1n) is 9.37.